The minimum absolute atomic E-state index is 0.0468. The van der Waals surface area contributed by atoms with Crippen LogP contribution in [0, 0.1) is 0 Å². The molecule has 0 aliphatic heterocycles. The number of ether oxygens (including phenoxy) is 1. The third kappa shape index (κ3) is 3.26. The molecule has 2 aromatic carbocycles. The van der Waals surface area contributed by atoms with Crippen molar-refractivity contribution in [2.24, 2.45) is 0 Å². The SMILES string of the molecule is Oc1c(Br)cc(Br)cc1Oc1c(Br)ccc(Br)c1O. The van der Waals surface area contributed by atoms with Crippen LogP contribution in [0.2, 0.25) is 0 Å². The standard InChI is InChI=1S/C12H6Br4O3/c13-5-3-8(16)10(17)9(4-5)19-12-7(15)2-1-6(14)11(12)18/h1-4,17-18H. The number of rotatable bonds is 2. The van der Waals surface area contributed by atoms with Gasteiger partial charge in [-0.1, -0.05) is 15.9 Å². The first-order valence-corrected chi connectivity index (χ1v) is 8.10. The molecule has 0 aliphatic carbocycles. The summed E-state index contributed by atoms with van der Waals surface area (Å²) in [5.41, 5.74) is 0. The second-order valence-corrected chi connectivity index (χ2v) is 7.02. The second-order valence-electron chi connectivity index (χ2n) is 3.54. The number of phenols is 2. The number of aromatic hydroxyl groups is 2. The molecule has 0 spiro atoms. The quantitative estimate of drug-likeness (QED) is 0.518. The van der Waals surface area contributed by atoms with Crippen LogP contribution in [-0.4, -0.2) is 10.2 Å². The van der Waals surface area contributed by atoms with Crippen LogP contribution < -0.4 is 4.74 Å². The number of halogens is 4. The second kappa shape index (κ2) is 6.03. The van der Waals surface area contributed by atoms with Crippen LogP contribution in [0.25, 0.3) is 0 Å². The number of hydrogen-bond donors (Lipinski definition) is 2. The van der Waals surface area contributed by atoms with Crippen LogP contribution in [0.15, 0.2) is 42.2 Å². The van der Waals surface area contributed by atoms with Crippen LogP contribution in [0.3, 0.4) is 0 Å². The van der Waals surface area contributed by atoms with E-state index in [1.165, 1.54) is 0 Å². The van der Waals surface area contributed by atoms with Gasteiger partial charge in [-0.2, -0.15) is 0 Å². The summed E-state index contributed by atoms with van der Waals surface area (Å²) >= 11 is 13.0. The summed E-state index contributed by atoms with van der Waals surface area (Å²) in [4.78, 5) is 0. The molecule has 100 valence electrons. The summed E-state index contributed by atoms with van der Waals surface area (Å²) in [6.45, 7) is 0. The molecule has 3 nitrogen and oxygen atoms in total. The molecule has 0 aromatic heterocycles. The van der Waals surface area contributed by atoms with Gasteiger partial charge in [0.1, 0.15) is 0 Å². The van der Waals surface area contributed by atoms with Crippen LogP contribution in [-0.2, 0) is 0 Å². The van der Waals surface area contributed by atoms with Gasteiger partial charge in [-0.05, 0) is 72.1 Å². The lowest BCUT2D eigenvalue weighted by Crippen LogP contribution is -1.89. The van der Waals surface area contributed by atoms with Crippen molar-refractivity contribution in [2.75, 3.05) is 0 Å². The van der Waals surface area contributed by atoms with E-state index >= 15 is 0 Å². The fourth-order valence-electron chi connectivity index (χ4n) is 1.35. The molecule has 2 aromatic rings. The Hall–Kier alpha value is -0.240. The highest BCUT2D eigenvalue weighted by atomic mass is 79.9. The first kappa shape index (κ1) is 15.2. The molecule has 0 heterocycles. The Morgan fingerprint density at radius 1 is 0.789 bits per heavy atom. The van der Waals surface area contributed by atoms with Gasteiger partial charge in [0.2, 0.25) is 0 Å². The van der Waals surface area contributed by atoms with Gasteiger partial charge < -0.3 is 14.9 Å². The van der Waals surface area contributed by atoms with E-state index in [1.807, 2.05) is 0 Å². The molecule has 19 heavy (non-hydrogen) atoms. The molecule has 0 bridgehead atoms. The molecular weight excluding hydrogens is 512 g/mol. The van der Waals surface area contributed by atoms with Gasteiger partial charge in [0.05, 0.1) is 13.4 Å². The Balaban J connectivity index is 2.51. The van der Waals surface area contributed by atoms with Crippen molar-refractivity contribution < 1.29 is 14.9 Å². The molecule has 2 rings (SSSR count). The van der Waals surface area contributed by atoms with Gasteiger partial charge in [0.15, 0.2) is 23.0 Å². The zero-order valence-electron chi connectivity index (χ0n) is 9.12. The Morgan fingerprint density at radius 3 is 2.11 bits per heavy atom. The summed E-state index contributed by atoms with van der Waals surface area (Å²) in [6.07, 6.45) is 0. The third-order valence-corrected chi connectivity index (χ3v) is 4.57. The fraction of sp³-hybridized carbons (Fsp3) is 0. The predicted octanol–water partition coefficient (Wildman–Crippen LogP) is 5.94. The van der Waals surface area contributed by atoms with E-state index in [9.17, 15) is 10.2 Å². The van der Waals surface area contributed by atoms with E-state index in [0.717, 1.165) is 4.47 Å². The van der Waals surface area contributed by atoms with Crippen LogP contribution in [0.1, 0.15) is 0 Å². The predicted molar refractivity (Wildman–Crippen MR) is 87.1 cm³/mol. The lowest BCUT2D eigenvalue weighted by atomic mass is 10.3. The van der Waals surface area contributed by atoms with Gasteiger partial charge >= 0.3 is 0 Å². The van der Waals surface area contributed by atoms with E-state index in [2.05, 4.69) is 63.7 Å². The molecule has 7 heteroatoms. The summed E-state index contributed by atoms with van der Waals surface area (Å²) in [6, 6.07) is 6.71. The van der Waals surface area contributed by atoms with Crippen molar-refractivity contribution in [1.82, 2.24) is 0 Å². The molecule has 0 amide bonds. The average molecular weight is 518 g/mol. The van der Waals surface area contributed by atoms with Crippen LogP contribution in [0.4, 0.5) is 0 Å². The van der Waals surface area contributed by atoms with Crippen LogP contribution >= 0.6 is 63.7 Å². The van der Waals surface area contributed by atoms with Gasteiger partial charge in [-0.3, -0.25) is 0 Å². The topological polar surface area (TPSA) is 49.7 Å². The molecule has 0 saturated heterocycles. The minimum Gasteiger partial charge on any atom is -0.503 e. The van der Waals surface area contributed by atoms with E-state index in [4.69, 9.17) is 4.74 Å². The summed E-state index contributed by atoms with van der Waals surface area (Å²) < 4.78 is 7.87. The first-order valence-electron chi connectivity index (χ1n) is 4.93. The highest BCUT2D eigenvalue weighted by molar-refractivity contribution is 9.11. The molecule has 0 unspecified atom stereocenters. The molecular formula is C12H6Br4O3. The largest absolute Gasteiger partial charge is 0.503 e. The highest BCUT2D eigenvalue weighted by Crippen LogP contribution is 2.46. The van der Waals surface area contributed by atoms with Crippen molar-refractivity contribution in [2.45, 2.75) is 0 Å². The van der Waals surface area contributed by atoms with E-state index in [-0.39, 0.29) is 23.0 Å². The van der Waals surface area contributed by atoms with Crippen LogP contribution in [0.5, 0.6) is 23.0 Å². The summed E-state index contributed by atoms with van der Waals surface area (Å²) in [5, 5.41) is 19.9. The summed E-state index contributed by atoms with van der Waals surface area (Å²) in [5.74, 6) is 0.337. The molecule has 0 saturated carbocycles. The van der Waals surface area contributed by atoms with Gasteiger partial charge in [-0.15, -0.1) is 0 Å². The minimum atomic E-state index is -0.0510. The Bertz CT molecular complexity index is 643. The Kier molecular flexibility index (Phi) is 4.81. The molecule has 2 N–H and O–H groups in total. The maximum atomic E-state index is 9.96. The van der Waals surface area contributed by atoms with E-state index < -0.39 is 0 Å². The van der Waals surface area contributed by atoms with Crippen molar-refractivity contribution >= 4 is 63.7 Å². The Labute approximate surface area is 143 Å². The van der Waals surface area contributed by atoms with Gasteiger partial charge in [0.25, 0.3) is 0 Å². The number of hydrogen-bond acceptors (Lipinski definition) is 3. The third-order valence-electron chi connectivity index (χ3n) is 2.24. The van der Waals surface area contributed by atoms with Crippen molar-refractivity contribution in [1.29, 1.82) is 0 Å². The van der Waals surface area contributed by atoms with E-state index in [0.29, 0.717) is 13.4 Å². The Morgan fingerprint density at radius 2 is 1.42 bits per heavy atom. The average Bonchev–Trinajstić information content (AvgIpc) is 2.35. The molecule has 0 fully saturated rings. The van der Waals surface area contributed by atoms with E-state index in [1.54, 1.807) is 24.3 Å². The summed E-state index contributed by atoms with van der Waals surface area (Å²) in [7, 11) is 0. The van der Waals surface area contributed by atoms with Crippen molar-refractivity contribution in [3.05, 3.63) is 42.2 Å². The molecule has 0 aliphatic rings. The van der Waals surface area contributed by atoms with Crippen molar-refractivity contribution in [3.8, 4) is 23.0 Å². The monoisotopic (exact) mass is 514 g/mol. The maximum absolute atomic E-state index is 9.96. The zero-order valence-corrected chi connectivity index (χ0v) is 15.5. The molecule has 0 atom stereocenters. The smallest absolute Gasteiger partial charge is 0.184 e. The van der Waals surface area contributed by atoms with Gasteiger partial charge in [-0.25, -0.2) is 0 Å². The lowest BCUT2D eigenvalue weighted by molar-refractivity contribution is 0.381. The van der Waals surface area contributed by atoms with Crippen molar-refractivity contribution in [3.63, 3.8) is 0 Å². The fourth-order valence-corrected chi connectivity index (χ4v) is 3.25. The molecule has 0 radical (unpaired) electrons. The van der Waals surface area contributed by atoms with Gasteiger partial charge in [0, 0.05) is 4.47 Å². The first-order chi connectivity index (χ1) is 8.90. The number of phenolic OH excluding ortho intramolecular Hbond substituents is 2. The maximum Gasteiger partial charge on any atom is 0.184 e. The highest BCUT2D eigenvalue weighted by Gasteiger charge is 2.16. The normalized spacial score (nSPS) is 10.5. The lowest BCUT2D eigenvalue weighted by Gasteiger charge is -2.13. The zero-order chi connectivity index (χ0) is 14.2. The number of benzene rings is 2.